The fourth-order valence-electron chi connectivity index (χ4n) is 2.38. The van der Waals surface area contributed by atoms with E-state index in [1.165, 1.54) is 22.2 Å². The maximum absolute atomic E-state index is 12.8. The number of aromatic nitrogens is 3. The maximum Gasteiger partial charge on any atom is 0.275 e. The van der Waals surface area contributed by atoms with Gasteiger partial charge >= 0.3 is 0 Å². The molecular formula is C15H8BrClN4OS. The lowest BCUT2D eigenvalue weighted by molar-refractivity contribution is 0.968. The summed E-state index contributed by atoms with van der Waals surface area (Å²) in [6, 6.07) is 7.01. The highest BCUT2D eigenvalue weighted by Crippen LogP contribution is 2.36. The van der Waals surface area contributed by atoms with E-state index in [1.807, 2.05) is 0 Å². The lowest BCUT2D eigenvalue weighted by atomic mass is 10.2. The molecule has 0 aliphatic rings. The Labute approximate surface area is 147 Å². The van der Waals surface area contributed by atoms with Crippen molar-refractivity contribution in [2.45, 2.75) is 0 Å². The first-order valence-corrected chi connectivity index (χ1v) is 8.55. The second-order valence-electron chi connectivity index (χ2n) is 4.88. The Hall–Kier alpha value is -1.96. The van der Waals surface area contributed by atoms with Gasteiger partial charge in [0, 0.05) is 11.2 Å². The quantitative estimate of drug-likeness (QED) is 0.518. The Morgan fingerprint density at radius 1 is 1.22 bits per heavy atom. The fraction of sp³-hybridized carbons (Fsp3) is 0. The van der Waals surface area contributed by atoms with Gasteiger partial charge in [0.05, 0.1) is 21.2 Å². The van der Waals surface area contributed by atoms with Crippen LogP contribution in [0.3, 0.4) is 0 Å². The molecule has 4 aromatic rings. The number of anilines is 1. The molecule has 2 N–H and O–H groups in total. The van der Waals surface area contributed by atoms with Crippen LogP contribution in [0.4, 0.5) is 5.69 Å². The molecule has 0 amide bonds. The van der Waals surface area contributed by atoms with Crippen molar-refractivity contribution in [2.24, 2.45) is 0 Å². The van der Waals surface area contributed by atoms with Gasteiger partial charge in [-0.15, -0.1) is 11.3 Å². The molecule has 114 valence electrons. The zero-order chi connectivity index (χ0) is 16.1. The minimum absolute atomic E-state index is 0.157. The van der Waals surface area contributed by atoms with E-state index in [0.717, 1.165) is 0 Å². The number of pyridine rings is 1. The van der Waals surface area contributed by atoms with Gasteiger partial charge in [0.1, 0.15) is 21.4 Å². The molecule has 0 bridgehead atoms. The van der Waals surface area contributed by atoms with Gasteiger partial charge in [-0.1, -0.05) is 11.6 Å². The number of fused-ring (bicyclic) bond motifs is 3. The molecule has 23 heavy (non-hydrogen) atoms. The highest BCUT2D eigenvalue weighted by atomic mass is 79.9. The average Bonchev–Trinajstić information content (AvgIpc) is 2.93. The number of hydrogen-bond donors (Lipinski definition) is 1. The molecule has 3 heterocycles. The van der Waals surface area contributed by atoms with Crippen molar-refractivity contribution in [1.82, 2.24) is 14.5 Å². The van der Waals surface area contributed by atoms with Crippen molar-refractivity contribution in [3.8, 4) is 5.69 Å². The van der Waals surface area contributed by atoms with Crippen molar-refractivity contribution in [2.75, 3.05) is 5.73 Å². The zero-order valence-corrected chi connectivity index (χ0v) is 14.6. The highest BCUT2D eigenvalue weighted by molar-refractivity contribution is 9.10. The normalized spacial score (nSPS) is 11.4. The molecule has 0 fully saturated rings. The molecule has 5 nitrogen and oxygen atoms in total. The van der Waals surface area contributed by atoms with Crippen molar-refractivity contribution < 1.29 is 0 Å². The summed E-state index contributed by atoms with van der Waals surface area (Å²) in [5.41, 5.74) is 7.76. The molecule has 0 aliphatic heterocycles. The van der Waals surface area contributed by atoms with Gasteiger partial charge in [-0.2, -0.15) is 0 Å². The van der Waals surface area contributed by atoms with Crippen LogP contribution in [0.2, 0.25) is 5.02 Å². The second-order valence-corrected chi connectivity index (χ2v) is 7.17. The Kier molecular flexibility index (Phi) is 3.37. The summed E-state index contributed by atoms with van der Waals surface area (Å²) in [6.45, 7) is 0. The van der Waals surface area contributed by atoms with Gasteiger partial charge in [0.25, 0.3) is 5.56 Å². The van der Waals surface area contributed by atoms with Gasteiger partial charge in [-0.05, 0) is 40.2 Å². The molecule has 0 saturated carbocycles. The number of halogens is 2. The number of nitrogens with two attached hydrogens (primary N) is 1. The largest absolute Gasteiger partial charge is 0.397 e. The number of nitrogen functional groups attached to an aromatic ring is 1. The number of benzene rings is 1. The van der Waals surface area contributed by atoms with Crippen molar-refractivity contribution in [3.63, 3.8) is 0 Å². The third-order valence-electron chi connectivity index (χ3n) is 3.51. The van der Waals surface area contributed by atoms with E-state index >= 15 is 0 Å². The molecule has 0 unspecified atom stereocenters. The summed E-state index contributed by atoms with van der Waals surface area (Å²) in [4.78, 5) is 22.2. The van der Waals surface area contributed by atoms with E-state index in [-0.39, 0.29) is 5.56 Å². The summed E-state index contributed by atoms with van der Waals surface area (Å²) < 4.78 is 2.70. The number of thiophene rings is 1. The van der Waals surface area contributed by atoms with Crippen LogP contribution in [0, 0.1) is 0 Å². The monoisotopic (exact) mass is 406 g/mol. The van der Waals surface area contributed by atoms with Gasteiger partial charge in [-0.3, -0.25) is 9.36 Å². The Bertz CT molecular complexity index is 1120. The lowest BCUT2D eigenvalue weighted by Gasteiger charge is -2.05. The number of hydrogen-bond acceptors (Lipinski definition) is 5. The second kappa shape index (κ2) is 5.30. The minimum atomic E-state index is -0.157. The fourth-order valence-corrected chi connectivity index (χ4v) is 3.85. The van der Waals surface area contributed by atoms with E-state index in [1.54, 1.807) is 30.5 Å². The van der Waals surface area contributed by atoms with E-state index < -0.39 is 0 Å². The van der Waals surface area contributed by atoms with Gasteiger partial charge < -0.3 is 5.73 Å². The van der Waals surface area contributed by atoms with Crippen LogP contribution in [-0.2, 0) is 0 Å². The van der Waals surface area contributed by atoms with Crippen molar-refractivity contribution >= 4 is 65.0 Å². The molecule has 0 spiro atoms. The third-order valence-corrected chi connectivity index (χ3v) is 5.47. The third kappa shape index (κ3) is 2.23. The van der Waals surface area contributed by atoms with Crippen LogP contribution in [0.15, 0.2) is 46.1 Å². The van der Waals surface area contributed by atoms with E-state index in [9.17, 15) is 4.79 Å². The summed E-state index contributed by atoms with van der Waals surface area (Å²) >= 11 is 10.5. The van der Waals surface area contributed by atoms with Gasteiger partial charge in [0.15, 0.2) is 0 Å². The topological polar surface area (TPSA) is 73.8 Å². The molecule has 0 saturated heterocycles. The Morgan fingerprint density at radius 3 is 2.70 bits per heavy atom. The van der Waals surface area contributed by atoms with E-state index in [2.05, 4.69) is 25.9 Å². The minimum Gasteiger partial charge on any atom is -0.397 e. The van der Waals surface area contributed by atoms with Crippen LogP contribution < -0.4 is 11.3 Å². The highest BCUT2D eigenvalue weighted by Gasteiger charge is 2.16. The summed E-state index contributed by atoms with van der Waals surface area (Å²) in [6.07, 6.45) is 3.13. The van der Waals surface area contributed by atoms with Gasteiger partial charge in [0.2, 0.25) is 0 Å². The zero-order valence-electron chi connectivity index (χ0n) is 11.5. The smallest absolute Gasteiger partial charge is 0.275 e. The maximum atomic E-state index is 12.8. The molecule has 0 atom stereocenters. The van der Waals surface area contributed by atoms with Crippen molar-refractivity contribution in [1.29, 1.82) is 0 Å². The molecule has 8 heteroatoms. The van der Waals surface area contributed by atoms with Crippen LogP contribution in [0.25, 0.3) is 26.1 Å². The number of nitrogens with zero attached hydrogens (tertiary/aromatic N) is 3. The summed E-state index contributed by atoms with van der Waals surface area (Å²) in [5, 5.41) is 1.32. The van der Waals surface area contributed by atoms with Crippen LogP contribution >= 0.6 is 38.9 Å². The Balaban J connectivity index is 2.06. The lowest BCUT2D eigenvalue weighted by Crippen LogP contribution is -2.17. The van der Waals surface area contributed by atoms with Gasteiger partial charge in [-0.25, -0.2) is 9.97 Å². The number of rotatable bonds is 1. The SMILES string of the molecule is Nc1c(Br)cnc2sc3c(=O)n(-c4ccc(Cl)cc4)cnc3c12. The summed E-state index contributed by atoms with van der Waals surface area (Å²) in [7, 11) is 0. The molecule has 1 aromatic carbocycles. The molecule has 0 aliphatic carbocycles. The standard InChI is InChI=1S/C15H8BrClN4OS/c16-9-5-19-14-10(11(9)18)12-13(23-14)15(22)21(6-20-12)8-3-1-7(17)2-4-8/h1-6H,(H2,18,19). The van der Waals surface area contributed by atoms with Crippen LogP contribution in [-0.4, -0.2) is 14.5 Å². The predicted molar refractivity (Wildman–Crippen MR) is 97.6 cm³/mol. The summed E-state index contributed by atoms with van der Waals surface area (Å²) in [5.74, 6) is 0. The molecule has 3 aromatic heterocycles. The first-order chi connectivity index (χ1) is 11.1. The first-order valence-electron chi connectivity index (χ1n) is 6.56. The molecular weight excluding hydrogens is 400 g/mol. The average molecular weight is 408 g/mol. The van der Waals surface area contributed by atoms with Crippen molar-refractivity contribution in [3.05, 3.63) is 56.6 Å². The Morgan fingerprint density at radius 2 is 1.96 bits per heavy atom. The van der Waals surface area contributed by atoms with Crippen LogP contribution in [0.5, 0.6) is 0 Å². The van der Waals surface area contributed by atoms with E-state index in [0.29, 0.717) is 41.3 Å². The molecule has 4 rings (SSSR count). The predicted octanol–water partition coefficient (Wildman–Crippen LogP) is 3.99. The van der Waals surface area contributed by atoms with E-state index in [4.69, 9.17) is 17.3 Å². The molecule has 0 radical (unpaired) electrons. The van der Waals surface area contributed by atoms with Crippen LogP contribution in [0.1, 0.15) is 0 Å². The first kappa shape index (κ1) is 14.6.